The van der Waals surface area contributed by atoms with Gasteiger partial charge in [-0.3, -0.25) is 9.59 Å². The first-order chi connectivity index (χ1) is 8.52. The fourth-order valence-corrected chi connectivity index (χ4v) is 1.60. The largest absolute Gasteiger partial charge is 0.346 e. The summed E-state index contributed by atoms with van der Waals surface area (Å²) < 4.78 is 0.996. The van der Waals surface area contributed by atoms with Crippen LogP contribution in [-0.4, -0.2) is 36.9 Å². The number of halogens is 2. The van der Waals surface area contributed by atoms with Crippen molar-refractivity contribution in [3.05, 3.63) is 34.3 Å². The van der Waals surface area contributed by atoms with Crippen molar-refractivity contribution in [3.63, 3.8) is 0 Å². The minimum absolute atomic E-state index is 0. The number of benzene rings is 1. The fraction of sp³-hybridized carbons (Fsp3) is 0.333. The molecule has 0 radical (unpaired) electrons. The van der Waals surface area contributed by atoms with E-state index >= 15 is 0 Å². The van der Waals surface area contributed by atoms with Crippen molar-refractivity contribution in [2.45, 2.75) is 6.54 Å². The predicted octanol–water partition coefficient (Wildman–Crippen LogP) is 0.904. The summed E-state index contributed by atoms with van der Waals surface area (Å²) in [5, 5.41) is 2.45. The Bertz CT molecular complexity index is 425. The van der Waals surface area contributed by atoms with Gasteiger partial charge in [-0.25, -0.2) is 0 Å². The van der Waals surface area contributed by atoms with Crippen LogP contribution in [0.2, 0.25) is 0 Å². The van der Waals surface area contributed by atoms with E-state index in [-0.39, 0.29) is 37.3 Å². The highest BCUT2D eigenvalue weighted by molar-refractivity contribution is 9.10. The third-order valence-corrected chi connectivity index (χ3v) is 2.91. The van der Waals surface area contributed by atoms with Crippen molar-refractivity contribution >= 4 is 40.2 Å². The molecular formula is C12H17BrClN3O2. The lowest BCUT2D eigenvalue weighted by Crippen LogP contribution is -2.40. The van der Waals surface area contributed by atoms with Crippen LogP contribution in [-0.2, 0) is 16.1 Å². The van der Waals surface area contributed by atoms with E-state index in [4.69, 9.17) is 5.73 Å². The number of nitrogens with two attached hydrogens (primary N) is 1. The van der Waals surface area contributed by atoms with Crippen LogP contribution < -0.4 is 11.1 Å². The van der Waals surface area contributed by atoms with Gasteiger partial charge < -0.3 is 16.0 Å². The number of hydrogen-bond acceptors (Lipinski definition) is 3. The van der Waals surface area contributed by atoms with E-state index in [0.29, 0.717) is 6.54 Å². The molecule has 0 atom stereocenters. The minimum atomic E-state index is -0.333. The third kappa shape index (κ3) is 6.56. The molecule has 0 bridgehead atoms. The second kappa shape index (κ2) is 8.90. The summed E-state index contributed by atoms with van der Waals surface area (Å²) in [6, 6.07) is 7.71. The number of likely N-dealkylation sites (N-methyl/N-ethyl adjacent to an activating group) is 1. The second-order valence-corrected chi connectivity index (χ2v) is 4.77. The monoisotopic (exact) mass is 349 g/mol. The highest BCUT2D eigenvalue weighted by Crippen LogP contribution is 2.11. The van der Waals surface area contributed by atoms with Crippen molar-refractivity contribution < 1.29 is 9.59 Å². The van der Waals surface area contributed by atoms with Gasteiger partial charge in [0.2, 0.25) is 11.8 Å². The molecule has 0 aliphatic heterocycles. The third-order valence-electron chi connectivity index (χ3n) is 2.38. The quantitative estimate of drug-likeness (QED) is 0.828. The van der Waals surface area contributed by atoms with Crippen LogP contribution >= 0.6 is 28.3 Å². The molecule has 19 heavy (non-hydrogen) atoms. The van der Waals surface area contributed by atoms with Crippen LogP contribution in [0, 0.1) is 0 Å². The molecule has 0 aliphatic rings. The molecular weight excluding hydrogens is 334 g/mol. The Morgan fingerprint density at radius 2 is 1.89 bits per heavy atom. The van der Waals surface area contributed by atoms with Crippen molar-refractivity contribution in [2.75, 3.05) is 20.1 Å². The standard InChI is InChI=1S/C12H16BrN3O2.ClH/c1-16(12(18)7-15-11(17)6-14)8-9-2-4-10(13)5-3-9;/h2-5H,6-8,14H2,1H3,(H,15,17);1H. The average Bonchev–Trinajstić information content (AvgIpc) is 2.38. The molecule has 0 saturated heterocycles. The summed E-state index contributed by atoms with van der Waals surface area (Å²) in [7, 11) is 1.69. The zero-order chi connectivity index (χ0) is 13.5. The number of nitrogens with one attached hydrogen (secondary N) is 1. The first-order valence-electron chi connectivity index (χ1n) is 5.48. The van der Waals surface area contributed by atoms with Crippen LogP contribution in [0.5, 0.6) is 0 Å². The molecule has 3 N–H and O–H groups in total. The van der Waals surface area contributed by atoms with Gasteiger partial charge in [0, 0.05) is 18.1 Å². The first-order valence-corrected chi connectivity index (χ1v) is 6.27. The Kier molecular flexibility index (Phi) is 8.38. The molecule has 2 amide bonds. The SMILES string of the molecule is CN(Cc1ccc(Br)cc1)C(=O)CNC(=O)CN.Cl. The summed E-state index contributed by atoms with van der Waals surface area (Å²) in [6.45, 7) is 0.372. The summed E-state index contributed by atoms with van der Waals surface area (Å²) in [5.74, 6) is -0.486. The number of nitrogens with zero attached hydrogens (tertiary/aromatic N) is 1. The van der Waals surface area contributed by atoms with Crippen molar-refractivity contribution in [1.82, 2.24) is 10.2 Å². The lowest BCUT2D eigenvalue weighted by atomic mass is 10.2. The van der Waals surface area contributed by atoms with E-state index in [1.807, 2.05) is 24.3 Å². The van der Waals surface area contributed by atoms with Gasteiger partial charge >= 0.3 is 0 Å². The lowest BCUT2D eigenvalue weighted by molar-refractivity contribution is -0.131. The van der Waals surface area contributed by atoms with Gasteiger partial charge in [0.05, 0.1) is 13.1 Å². The van der Waals surface area contributed by atoms with Crippen LogP contribution in [0.1, 0.15) is 5.56 Å². The molecule has 0 unspecified atom stereocenters. The Labute approximate surface area is 127 Å². The van der Waals surface area contributed by atoms with Gasteiger partial charge in [0.1, 0.15) is 0 Å². The molecule has 5 nitrogen and oxygen atoms in total. The van der Waals surface area contributed by atoms with Gasteiger partial charge in [0.25, 0.3) is 0 Å². The first kappa shape index (κ1) is 17.9. The van der Waals surface area contributed by atoms with Crippen LogP contribution in [0.3, 0.4) is 0 Å². The normalized spacial score (nSPS) is 9.42. The molecule has 0 fully saturated rings. The molecule has 0 saturated carbocycles. The number of hydrogen-bond donors (Lipinski definition) is 2. The van der Waals surface area contributed by atoms with Gasteiger partial charge in [-0.15, -0.1) is 12.4 Å². The zero-order valence-electron chi connectivity index (χ0n) is 10.6. The Hall–Kier alpha value is -1.11. The summed E-state index contributed by atoms with van der Waals surface area (Å²) in [4.78, 5) is 24.2. The summed E-state index contributed by atoms with van der Waals surface area (Å²) >= 11 is 3.35. The van der Waals surface area contributed by atoms with Crippen LogP contribution in [0.4, 0.5) is 0 Å². The Morgan fingerprint density at radius 1 is 1.32 bits per heavy atom. The molecule has 0 aliphatic carbocycles. The maximum absolute atomic E-state index is 11.7. The van der Waals surface area contributed by atoms with Crippen molar-refractivity contribution in [1.29, 1.82) is 0 Å². The van der Waals surface area contributed by atoms with Gasteiger partial charge in [-0.05, 0) is 17.7 Å². The van der Waals surface area contributed by atoms with E-state index in [1.165, 1.54) is 0 Å². The number of carbonyl (C=O) groups is 2. The van der Waals surface area contributed by atoms with Crippen molar-refractivity contribution in [3.8, 4) is 0 Å². The van der Waals surface area contributed by atoms with Gasteiger partial charge in [-0.2, -0.15) is 0 Å². The van der Waals surface area contributed by atoms with E-state index in [1.54, 1.807) is 11.9 Å². The van der Waals surface area contributed by atoms with Crippen LogP contribution in [0.25, 0.3) is 0 Å². The van der Waals surface area contributed by atoms with Crippen LogP contribution in [0.15, 0.2) is 28.7 Å². The molecule has 1 aromatic carbocycles. The lowest BCUT2D eigenvalue weighted by Gasteiger charge is -2.17. The molecule has 0 heterocycles. The second-order valence-electron chi connectivity index (χ2n) is 3.86. The van der Waals surface area contributed by atoms with E-state index < -0.39 is 0 Å². The van der Waals surface area contributed by atoms with E-state index in [9.17, 15) is 9.59 Å². The molecule has 0 spiro atoms. The summed E-state index contributed by atoms with van der Waals surface area (Å²) in [6.07, 6.45) is 0. The molecule has 0 aromatic heterocycles. The molecule has 1 aromatic rings. The zero-order valence-corrected chi connectivity index (χ0v) is 13.0. The Balaban J connectivity index is 0.00000324. The van der Waals surface area contributed by atoms with E-state index in [2.05, 4.69) is 21.2 Å². The number of rotatable bonds is 5. The molecule has 1 rings (SSSR count). The topological polar surface area (TPSA) is 75.4 Å². The highest BCUT2D eigenvalue weighted by Gasteiger charge is 2.10. The maximum Gasteiger partial charge on any atom is 0.242 e. The smallest absolute Gasteiger partial charge is 0.242 e. The Morgan fingerprint density at radius 3 is 2.42 bits per heavy atom. The molecule has 106 valence electrons. The predicted molar refractivity (Wildman–Crippen MR) is 79.9 cm³/mol. The summed E-state index contributed by atoms with van der Waals surface area (Å²) in [5.41, 5.74) is 6.16. The average molecular weight is 351 g/mol. The highest BCUT2D eigenvalue weighted by atomic mass is 79.9. The number of carbonyl (C=O) groups excluding carboxylic acids is 2. The number of amides is 2. The van der Waals surface area contributed by atoms with Gasteiger partial charge in [-0.1, -0.05) is 28.1 Å². The fourth-order valence-electron chi connectivity index (χ4n) is 1.33. The van der Waals surface area contributed by atoms with Crippen molar-refractivity contribution in [2.24, 2.45) is 5.73 Å². The van der Waals surface area contributed by atoms with Gasteiger partial charge in [0.15, 0.2) is 0 Å². The maximum atomic E-state index is 11.7. The van der Waals surface area contributed by atoms with E-state index in [0.717, 1.165) is 10.0 Å². The molecule has 7 heteroatoms. The minimum Gasteiger partial charge on any atom is -0.346 e.